The number of carbonyl (C=O) groups excluding carboxylic acids is 1. The van der Waals surface area contributed by atoms with E-state index in [1.807, 2.05) is 30.3 Å². The van der Waals surface area contributed by atoms with Crippen molar-refractivity contribution >= 4 is 21.8 Å². The summed E-state index contributed by atoms with van der Waals surface area (Å²) in [7, 11) is 0. The summed E-state index contributed by atoms with van der Waals surface area (Å²) in [6.07, 6.45) is 0. The number of nitrogens with one attached hydrogen (secondary N) is 3. The summed E-state index contributed by atoms with van der Waals surface area (Å²) in [6.45, 7) is 0.703. The fourth-order valence-electron chi connectivity index (χ4n) is 2.71. The van der Waals surface area contributed by atoms with E-state index in [0.29, 0.717) is 12.1 Å². The lowest BCUT2D eigenvalue weighted by molar-refractivity contribution is -0.125. The van der Waals surface area contributed by atoms with Crippen LogP contribution in [0.3, 0.4) is 0 Å². The van der Waals surface area contributed by atoms with Gasteiger partial charge in [0.25, 0.3) is 0 Å². The Hall–Kier alpha value is -1.76. The van der Waals surface area contributed by atoms with Crippen molar-refractivity contribution in [2.24, 2.45) is 5.92 Å². The van der Waals surface area contributed by atoms with Gasteiger partial charge in [-0.05, 0) is 23.8 Å². The van der Waals surface area contributed by atoms with Crippen molar-refractivity contribution in [3.63, 3.8) is 0 Å². The molecule has 3 N–H and O–H groups in total. The first kappa shape index (κ1) is 16.1. The molecular weight excluding hydrogens is 361 g/mol. The summed E-state index contributed by atoms with van der Waals surface area (Å²) in [5.41, 5.74) is 7.67. The average molecular weight is 378 g/mol. The normalized spacial score (nSPS) is 20.4. The van der Waals surface area contributed by atoms with Gasteiger partial charge in [-0.3, -0.25) is 10.2 Å². The molecule has 4 nitrogen and oxygen atoms in total. The van der Waals surface area contributed by atoms with Gasteiger partial charge in [-0.2, -0.15) is 0 Å². The second kappa shape index (κ2) is 7.21. The third-order valence-corrected chi connectivity index (χ3v) is 4.43. The van der Waals surface area contributed by atoms with Gasteiger partial charge in [0.2, 0.25) is 5.91 Å². The van der Waals surface area contributed by atoms with Gasteiger partial charge < -0.3 is 5.32 Å². The van der Waals surface area contributed by atoms with Gasteiger partial charge in [-0.15, -0.1) is 0 Å². The van der Waals surface area contributed by atoms with Crippen molar-refractivity contribution in [3.05, 3.63) is 69.9 Å². The maximum Gasteiger partial charge on any atom is 0.226 e. The van der Waals surface area contributed by atoms with Crippen LogP contribution in [0.1, 0.15) is 17.2 Å². The van der Waals surface area contributed by atoms with Crippen LogP contribution < -0.4 is 16.2 Å². The zero-order valence-electron chi connectivity index (χ0n) is 12.4. The Balaban J connectivity index is 1.67. The summed E-state index contributed by atoms with van der Waals surface area (Å²) in [5.74, 6) is -0.667. The Morgan fingerprint density at radius 3 is 2.83 bits per heavy atom. The number of halogens is 2. The lowest BCUT2D eigenvalue weighted by atomic mass is 9.94. The van der Waals surface area contributed by atoms with Crippen LogP contribution in [-0.2, 0) is 11.3 Å². The maximum absolute atomic E-state index is 13.7. The molecule has 0 radical (unpaired) electrons. The predicted octanol–water partition coefficient (Wildman–Crippen LogP) is 2.67. The maximum atomic E-state index is 13.7. The lowest BCUT2D eigenvalue weighted by Gasteiger charge is -2.18. The van der Waals surface area contributed by atoms with Crippen LogP contribution >= 0.6 is 15.9 Å². The molecule has 1 heterocycles. The second-order valence-corrected chi connectivity index (χ2v) is 6.39. The van der Waals surface area contributed by atoms with Crippen LogP contribution in [0.15, 0.2) is 53.0 Å². The molecule has 1 saturated heterocycles. The molecule has 1 amide bonds. The van der Waals surface area contributed by atoms with Gasteiger partial charge in [0.05, 0.1) is 12.0 Å². The second-order valence-electron chi connectivity index (χ2n) is 5.47. The number of hydrogen-bond acceptors (Lipinski definition) is 3. The Kier molecular flexibility index (Phi) is 5.05. The molecule has 0 aromatic heterocycles. The lowest BCUT2D eigenvalue weighted by Crippen LogP contribution is -2.34. The number of amides is 1. The fourth-order valence-corrected chi connectivity index (χ4v) is 3.12. The van der Waals surface area contributed by atoms with Crippen molar-refractivity contribution in [3.8, 4) is 0 Å². The van der Waals surface area contributed by atoms with Gasteiger partial charge in [0, 0.05) is 23.1 Å². The van der Waals surface area contributed by atoms with Crippen LogP contribution in [0.4, 0.5) is 4.39 Å². The van der Waals surface area contributed by atoms with Gasteiger partial charge in [0.1, 0.15) is 5.82 Å². The summed E-state index contributed by atoms with van der Waals surface area (Å²) in [6, 6.07) is 14.4. The highest BCUT2D eigenvalue weighted by Gasteiger charge is 2.33. The molecule has 6 heteroatoms. The molecule has 1 fully saturated rings. The molecule has 1 aliphatic rings. The third kappa shape index (κ3) is 3.77. The van der Waals surface area contributed by atoms with E-state index < -0.39 is 0 Å². The van der Waals surface area contributed by atoms with E-state index in [2.05, 4.69) is 32.1 Å². The number of hydrogen-bond donors (Lipinski definition) is 3. The highest BCUT2D eigenvalue weighted by Crippen LogP contribution is 2.25. The standard InChI is InChI=1S/C17H17BrFN3O/c18-13-6-7-15(19)12(8-13)9-20-17(23)14-10-21-22-16(14)11-4-2-1-3-5-11/h1-8,14,16,21-22H,9-10H2,(H,20,23). The van der Waals surface area contributed by atoms with Crippen LogP contribution in [0.2, 0.25) is 0 Å². The number of hydrazine groups is 1. The minimum Gasteiger partial charge on any atom is -0.352 e. The van der Waals surface area contributed by atoms with E-state index >= 15 is 0 Å². The Bertz CT molecular complexity index is 695. The first-order chi connectivity index (χ1) is 11.1. The number of benzene rings is 2. The average Bonchev–Trinajstić information content (AvgIpc) is 3.06. The highest BCUT2D eigenvalue weighted by atomic mass is 79.9. The minimum absolute atomic E-state index is 0.0939. The van der Waals surface area contributed by atoms with Gasteiger partial charge in [-0.25, -0.2) is 9.82 Å². The Morgan fingerprint density at radius 1 is 1.26 bits per heavy atom. The Morgan fingerprint density at radius 2 is 2.04 bits per heavy atom. The first-order valence-electron chi connectivity index (χ1n) is 7.40. The molecule has 0 aliphatic carbocycles. The molecule has 0 bridgehead atoms. The summed E-state index contributed by atoms with van der Waals surface area (Å²) < 4.78 is 14.5. The highest BCUT2D eigenvalue weighted by molar-refractivity contribution is 9.10. The fraction of sp³-hybridized carbons (Fsp3) is 0.235. The van der Waals surface area contributed by atoms with Gasteiger partial charge >= 0.3 is 0 Å². The first-order valence-corrected chi connectivity index (χ1v) is 8.19. The van der Waals surface area contributed by atoms with E-state index in [1.54, 1.807) is 12.1 Å². The van der Waals surface area contributed by atoms with E-state index in [1.165, 1.54) is 6.07 Å². The third-order valence-electron chi connectivity index (χ3n) is 3.94. The predicted molar refractivity (Wildman–Crippen MR) is 89.8 cm³/mol. The molecule has 2 aromatic rings. The van der Waals surface area contributed by atoms with Crippen LogP contribution in [0.5, 0.6) is 0 Å². The van der Waals surface area contributed by atoms with Crippen molar-refractivity contribution in [1.82, 2.24) is 16.2 Å². The van der Waals surface area contributed by atoms with Crippen molar-refractivity contribution in [2.45, 2.75) is 12.6 Å². The number of rotatable bonds is 4. The molecule has 0 spiro atoms. The largest absolute Gasteiger partial charge is 0.352 e. The molecule has 2 atom stereocenters. The van der Waals surface area contributed by atoms with Crippen molar-refractivity contribution in [2.75, 3.05) is 6.54 Å². The monoisotopic (exact) mass is 377 g/mol. The number of carbonyl (C=O) groups is 1. The smallest absolute Gasteiger partial charge is 0.226 e. The quantitative estimate of drug-likeness (QED) is 0.767. The molecule has 2 aromatic carbocycles. The molecule has 0 saturated carbocycles. The summed E-state index contributed by atoms with van der Waals surface area (Å²) in [4.78, 5) is 12.5. The van der Waals surface area contributed by atoms with Crippen LogP contribution in [0.25, 0.3) is 0 Å². The minimum atomic E-state index is -0.323. The van der Waals surface area contributed by atoms with E-state index in [4.69, 9.17) is 0 Å². The van der Waals surface area contributed by atoms with E-state index in [9.17, 15) is 9.18 Å². The topological polar surface area (TPSA) is 53.2 Å². The van der Waals surface area contributed by atoms with Crippen LogP contribution in [0, 0.1) is 11.7 Å². The van der Waals surface area contributed by atoms with E-state index in [0.717, 1.165) is 10.0 Å². The zero-order chi connectivity index (χ0) is 16.2. The Labute approximate surface area is 142 Å². The summed E-state index contributed by atoms with van der Waals surface area (Å²) in [5, 5.41) is 2.83. The molecule has 1 aliphatic heterocycles. The van der Waals surface area contributed by atoms with E-state index in [-0.39, 0.29) is 30.2 Å². The summed E-state index contributed by atoms with van der Waals surface area (Å²) >= 11 is 3.31. The van der Waals surface area contributed by atoms with Gasteiger partial charge in [0.15, 0.2) is 0 Å². The van der Waals surface area contributed by atoms with Crippen molar-refractivity contribution in [1.29, 1.82) is 0 Å². The van der Waals surface area contributed by atoms with Gasteiger partial charge in [-0.1, -0.05) is 46.3 Å². The molecule has 120 valence electrons. The molecule has 3 rings (SSSR count). The molecule has 23 heavy (non-hydrogen) atoms. The SMILES string of the molecule is O=C(NCc1cc(Br)ccc1F)C1CNNC1c1ccccc1. The van der Waals surface area contributed by atoms with Crippen LogP contribution in [-0.4, -0.2) is 12.5 Å². The van der Waals surface area contributed by atoms with Crippen molar-refractivity contribution < 1.29 is 9.18 Å². The zero-order valence-corrected chi connectivity index (χ0v) is 13.9. The molecule has 2 unspecified atom stereocenters. The molecular formula is C17H17BrFN3O.